The Bertz CT molecular complexity index is 523. The largest absolute Gasteiger partial charge is 0.480 e. The molecule has 12 heteroatoms. The highest BCUT2D eigenvalue weighted by molar-refractivity contribution is 7.80. The quantitative estimate of drug-likeness (QED) is 0.123. The summed E-state index contributed by atoms with van der Waals surface area (Å²) in [6.07, 6.45) is 1.55. The van der Waals surface area contributed by atoms with Gasteiger partial charge in [-0.25, -0.2) is 0 Å². The molecule has 0 aliphatic carbocycles. The van der Waals surface area contributed by atoms with E-state index in [9.17, 15) is 19.2 Å². The lowest BCUT2D eigenvalue weighted by molar-refractivity contribution is -0.141. The second kappa shape index (κ2) is 13.6. The monoisotopic (exact) mass is 423 g/mol. The van der Waals surface area contributed by atoms with E-state index in [0.29, 0.717) is 25.8 Å². The number of thiol groups is 2. The molecule has 0 spiro atoms. The lowest BCUT2D eigenvalue weighted by Gasteiger charge is -2.23. The molecule has 0 aliphatic heterocycles. The predicted molar refractivity (Wildman–Crippen MR) is 108 cm³/mol. The van der Waals surface area contributed by atoms with E-state index in [-0.39, 0.29) is 11.5 Å². The summed E-state index contributed by atoms with van der Waals surface area (Å²) >= 11 is 7.97. The minimum Gasteiger partial charge on any atom is -0.480 e. The maximum Gasteiger partial charge on any atom is 0.325 e. The summed E-state index contributed by atoms with van der Waals surface area (Å²) in [4.78, 5) is 47.5. The molecule has 4 unspecified atom stereocenters. The average molecular weight is 424 g/mol. The summed E-state index contributed by atoms with van der Waals surface area (Å²) in [7, 11) is 0. The van der Waals surface area contributed by atoms with Gasteiger partial charge in [-0.05, 0) is 32.7 Å². The molecule has 8 N–H and O–H groups in total. The molecule has 0 heterocycles. The van der Waals surface area contributed by atoms with Gasteiger partial charge in [0.05, 0.1) is 6.04 Å². The molecule has 3 amide bonds. The van der Waals surface area contributed by atoms with Crippen molar-refractivity contribution in [1.29, 1.82) is 0 Å². The molecule has 0 aromatic rings. The number of aliphatic carboxylic acids is 1. The molecule has 0 aromatic heterocycles. The summed E-state index contributed by atoms with van der Waals surface area (Å²) in [5.74, 6) is -2.97. The number of carboxylic acids is 1. The van der Waals surface area contributed by atoms with E-state index in [1.807, 2.05) is 0 Å². The van der Waals surface area contributed by atoms with Crippen molar-refractivity contribution in [2.24, 2.45) is 11.5 Å². The minimum absolute atomic E-state index is 0.0521. The van der Waals surface area contributed by atoms with Gasteiger partial charge in [0.15, 0.2) is 0 Å². The zero-order valence-electron chi connectivity index (χ0n) is 15.2. The fourth-order valence-electron chi connectivity index (χ4n) is 1.97. The third-order valence-corrected chi connectivity index (χ3v) is 4.42. The van der Waals surface area contributed by atoms with Crippen LogP contribution in [0.5, 0.6) is 0 Å². The van der Waals surface area contributed by atoms with Crippen LogP contribution in [0.4, 0.5) is 0 Å². The molecule has 27 heavy (non-hydrogen) atoms. The van der Waals surface area contributed by atoms with Crippen LogP contribution >= 0.6 is 25.3 Å². The van der Waals surface area contributed by atoms with Gasteiger partial charge in [0, 0.05) is 11.5 Å². The van der Waals surface area contributed by atoms with Crippen molar-refractivity contribution in [3.63, 3.8) is 0 Å². The second-order valence-electron chi connectivity index (χ2n) is 5.95. The summed E-state index contributed by atoms with van der Waals surface area (Å²) < 4.78 is 0. The maximum absolute atomic E-state index is 12.5. The molecule has 0 radical (unpaired) electrons. The van der Waals surface area contributed by atoms with Crippen LogP contribution in [-0.2, 0) is 19.2 Å². The topological polar surface area (TPSA) is 177 Å². The Morgan fingerprint density at radius 3 is 1.96 bits per heavy atom. The van der Waals surface area contributed by atoms with E-state index in [0.717, 1.165) is 0 Å². The van der Waals surface area contributed by atoms with E-state index in [2.05, 4.69) is 41.2 Å². The molecular formula is C15H29N5O5S2. The van der Waals surface area contributed by atoms with E-state index >= 15 is 0 Å². The third-order valence-electron chi connectivity index (χ3n) is 3.66. The van der Waals surface area contributed by atoms with Gasteiger partial charge in [-0.3, -0.25) is 19.2 Å². The Labute approximate surface area is 169 Å². The first kappa shape index (κ1) is 25.5. The molecule has 0 aliphatic rings. The summed E-state index contributed by atoms with van der Waals surface area (Å²) in [6, 6.07) is -3.97. The molecular weight excluding hydrogens is 394 g/mol. The zero-order chi connectivity index (χ0) is 21.0. The second-order valence-corrected chi connectivity index (χ2v) is 6.68. The lowest BCUT2D eigenvalue weighted by atomic mass is 10.1. The molecule has 0 bridgehead atoms. The first-order valence-electron chi connectivity index (χ1n) is 8.49. The van der Waals surface area contributed by atoms with Gasteiger partial charge in [-0.2, -0.15) is 25.3 Å². The number of amides is 3. The highest BCUT2D eigenvalue weighted by Gasteiger charge is 2.28. The third kappa shape index (κ3) is 9.84. The Morgan fingerprint density at radius 1 is 0.926 bits per heavy atom. The molecule has 0 saturated carbocycles. The molecule has 10 nitrogen and oxygen atoms in total. The van der Waals surface area contributed by atoms with Gasteiger partial charge in [0.25, 0.3) is 0 Å². The molecule has 0 aromatic carbocycles. The zero-order valence-corrected chi connectivity index (χ0v) is 17.0. The van der Waals surface area contributed by atoms with Crippen LogP contribution in [0.2, 0.25) is 0 Å². The number of carbonyl (C=O) groups is 4. The Balaban J connectivity index is 5.01. The van der Waals surface area contributed by atoms with Crippen LogP contribution in [0.25, 0.3) is 0 Å². The first-order chi connectivity index (χ1) is 12.7. The van der Waals surface area contributed by atoms with Crippen molar-refractivity contribution in [2.75, 3.05) is 18.1 Å². The van der Waals surface area contributed by atoms with Crippen molar-refractivity contribution in [2.45, 2.75) is 50.4 Å². The number of hydrogen-bond donors (Lipinski definition) is 8. The van der Waals surface area contributed by atoms with Gasteiger partial charge in [-0.1, -0.05) is 0 Å². The van der Waals surface area contributed by atoms with Gasteiger partial charge in [-0.15, -0.1) is 0 Å². The SMILES string of the molecule is CC(NC(=O)C(CS)NC(=O)C(CCCCN)NC(=O)C(N)CS)C(=O)O. The molecule has 0 rings (SSSR count). The van der Waals surface area contributed by atoms with E-state index in [1.165, 1.54) is 6.92 Å². The van der Waals surface area contributed by atoms with Crippen LogP contribution in [0.3, 0.4) is 0 Å². The number of carboxylic acid groups (broad SMARTS) is 1. The van der Waals surface area contributed by atoms with Crippen molar-refractivity contribution >= 4 is 48.9 Å². The number of nitrogens with one attached hydrogen (secondary N) is 3. The summed E-state index contributed by atoms with van der Waals surface area (Å²) in [5.41, 5.74) is 11.1. The summed E-state index contributed by atoms with van der Waals surface area (Å²) in [5, 5.41) is 16.1. The predicted octanol–water partition coefficient (Wildman–Crippen LogP) is -2.14. The van der Waals surface area contributed by atoms with Crippen LogP contribution in [0.1, 0.15) is 26.2 Å². The standard InChI is InChI=1S/C15H29N5O5S2/c1-8(15(24)25)18-14(23)11(7-27)20-13(22)10(4-2-3-5-16)19-12(21)9(17)6-26/h8-11,26-27H,2-7,16-17H2,1H3,(H,18,23)(H,19,21)(H,20,22)(H,24,25). The number of hydrogen-bond acceptors (Lipinski definition) is 8. The Kier molecular flexibility index (Phi) is 12.9. The van der Waals surface area contributed by atoms with Crippen LogP contribution in [0.15, 0.2) is 0 Å². The van der Waals surface area contributed by atoms with Gasteiger partial charge in [0.1, 0.15) is 18.1 Å². The van der Waals surface area contributed by atoms with Crippen LogP contribution in [0, 0.1) is 0 Å². The Morgan fingerprint density at radius 2 is 1.48 bits per heavy atom. The van der Waals surface area contributed by atoms with Gasteiger partial charge in [0.2, 0.25) is 17.7 Å². The van der Waals surface area contributed by atoms with Crippen molar-refractivity contribution in [3.05, 3.63) is 0 Å². The fourth-order valence-corrected chi connectivity index (χ4v) is 2.39. The Hall–Kier alpha value is -1.50. The molecule has 0 saturated heterocycles. The lowest BCUT2D eigenvalue weighted by Crippen LogP contribution is -2.57. The smallest absolute Gasteiger partial charge is 0.325 e. The van der Waals surface area contributed by atoms with Crippen LogP contribution < -0.4 is 27.4 Å². The highest BCUT2D eigenvalue weighted by atomic mass is 32.1. The van der Waals surface area contributed by atoms with E-state index < -0.39 is 47.9 Å². The molecule has 4 atom stereocenters. The minimum atomic E-state index is -1.21. The van der Waals surface area contributed by atoms with E-state index in [4.69, 9.17) is 16.6 Å². The van der Waals surface area contributed by atoms with Gasteiger partial charge < -0.3 is 32.5 Å². The highest BCUT2D eigenvalue weighted by Crippen LogP contribution is 2.03. The van der Waals surface area contributed by atoms with Crippen molar-refractivity contribution in [3.8, 4) is 0 Å². The molecule has 0 fully saturated rings. The number of unbranched alkanes of at least 4 members (excludes halogenated alkanes) is 1. The van der Waals surface area contributed by atoms with Gasteiger partial charge >= 0.3 is 5.97 Å². The first-order valence-corrected chi connectivity index (χ1v) is 9.75. The van der Waals surface area contributed by atoms with E-state index in [1.54, 1.807) is 0 Å². The van der Waals surface area contributed by atoms with Crippen molar-refractivity contribution < 1.29 is 24.3 Å². The maximum atomic E-state index is 12.5. The normalized spacial score (nSPS) is 15.1. The van der Waals surface area contributed by atoms with Crippen LogP contribution in [-0.4, -0.2) is 71.0 Å². The number of nitrogens with two attached hydrogens (primary N) is 2. The summed E-state index contributed by atoms with van der Waals surface area (Å²) in [6.45, 7) is 1.74. The molecule has 156 valence electrons. The number of carbonyl (C=O) groups excluding carboxylic acids is 3. The average Bonchev–Trinajstić information content (AvgIpc) is 2.63. The fraction of sp³-hybridized carbons (Fsp3) is 0.733. The number of rotatable bonds is 13. The van der Waals surface area contributed by atoms with Crippen molar-refractivity contribution in [1.82, 2.24) is 16.0 Å².